The van der Waals surface area contributed by atoms with Crippen LogP contribution in [0.4, 0.5) is 14.9 Å². The molecule has 0 aliphatic carbocycles. The molecule has 0 spiro atoms. The van der Waals surface area contributed by atoms with E-state index in [0.29, 0.717) is 37.2 Å². The van der Waals surface area contributed by atoms with Crippen molar-refractivity contribution in [2.24, 2.45) is 0 Å². The molecule has 0 bridgehead atoms. The Morgan fingerprint density at radius 2 is 1.88 bits per heavy atom. The normalized spacial score (nSPS) is 22.4. The van der Waals surface area contributed by atoms with E-state index in [1.807, 2.05) is 27.7 Å². The third-order valence-electron chi connectivity index (χ3n) is 6.67. The summed E-state index contributed by atoms with van der Waals surface area (Å²) in [5.41, 5.74) is 6.28. The molecule has 1 amide bonds. The highest BCUT2D eigenvalue weighted by atomic mass is 28.4. The minimum atomic E-state index is -2.01. The Bertz CT molecular complexity index is 799. The van der Waals surface area contributed by atoms with Crippen molar-refractivity contribution in [1.29, 1.82) is 0 Å². The largest absolute Gasteiger partial charge is 0.444 e. The topological polar surface area (TPSA) is 74.0 Å². The maximum Gasteiger partial charge on any atom is 0.410 e. The molecule has 3 atom stereocenters. The fraction of sp³-hybridized carbons (Fsp3) is 0.720. The lowest BCUT2D eigenvalue weighted by atomic mass is 10.0. The van der Waals surface area contributed by atoms with E-state index >= 15 is 0 Å². The standard InChI is InChI=1S/C25H43FN2O4Si/c1-17-22(16-30-33(8,9)25(5,6)7)28(23(29)32-24(2,3)4)15-18(31-17)13-14-19-20(26)11-10-12-21(19)27/h10-12,17-18,22H,13-16,27H2,1-9H3/t17-,18+,22+/m0/s1. The van der Waals surface area contributed by atoms with E-state index in [1.165, 1.54) is 6.07 Å². The van der Waals surface area contributed by atoms with E-state index in [-0.39, 0.29) is 35.2 Å². The summed E-state index contributed by atoms with van der Waals surface area (Å²) in [7, 11) is -2.01. The number of benzene rings is 1. The first-order chi connectivity index (χ1) is 15.0. The van der Waals surface area contributed by atoms with Gasteiger partial charge in [0.05, 0.1) is 31.4 Å². The van der Waals surface area contributed by atoms with Crippen LogP contribution in [0.2, 0.25) is 18.1 Å². The van der Waals surface area contributed by atoms with Crippen LogP contribution in [0, 0.1) is 5.82 Å². The highest BCUT2D eigenvalue weighted by molar-refractivity contribution is 6.74. The van der Waals surface area contributed by atoms with Crippen LogP contribution in [-0.2, 0) is 20.3 Å². The van der Waals surface area contributed by atoms with Gasteiger partial charge in [0.25, 0.3) is 0 Å². The second-order valence-corrected chi connectivity index (χ2v) is 16.4. The molecule has 2 rings (SSSR count). The summed E-state index contributed by atoms with van der Waals surface area (Å²) in [4.78, 5) is 14.9. The number of carbonyl (C=O) groups is 1. The van der Waals surface area contributed by atoms with E-state index in [0.717, 1.165) is 0 Å². The summed E-state index contributed by atoms with van der Waals surface area (Å²) in [5.74, 6) is -0.316. The second kappa shape index (κ2) is 10.3. The molecule has 1 aromatic rings. The summed E-state index contributed by atoms with van der Waals surface area (Å²) in [6, 6.07) is 4.45. The predicted molar refractivity (Wildman–Crippen MR) is 133 cm³/mol. The van der Waals surface area contributed by atoms with Crippen LogP contribution in [0.3, 0.4) is 0 Å². The fourth-order valence-corrected chi connectivity index (χ4v) is 4.64. The molecule has 0 saturated carbocycles. The van der Waals surface area contributed by atoms with Gasteiger partial charge in [-0.25, -0.2) is 9.18 Å². The van der Waals surface area contributed by atoms with E-state index in [1.54, 1.807) is 17.0 Å². The van der Waals surface area contributed by atoms with Crippen molar-refractivity contribution in [1.82, 2.24) is 4.90 Å². The number of anilines is 1. The highest BCUT2D eigenvalue weighted by Crippen LogP contribution is 2.37. The van der Waals surface area contributed by atoms with Crippen molar-refractivity contribution in [3.8, 4) is 0 Å². The molecule has 1 saturated heterocycles. The molecule has 6 nitrogen and oxygen atoms in total. The lowest BCUT2D eigenvalue weighted by molar-refractivity contribution is -0.121. The van der Waals surface area contributed by atoms with Gasteiger partial charge in [-0.3, -0.25) is 4.90 Å². The molecule has 8 heteroatoms. The van der Waals surface area contributed by atoms with Gasteiger partial charge >= 0.3 is 6.09 Å². The van der Waals surface area contributed by atoms with E-state index < -0.39 is 13.9 Å². The van der Waals surface area contributed by atoms with Gasteiger partial charge in [-0.2, -0.15) is 0 Å². The summed E-state index contributed by atoms with van der Waals surface area (Å²) < 4.78 is 32.7. The molecular weight excluding hydrogens is 439 g/mol. The lowest BCUT2D eigenvalue weighted by Crippen LogP contribution is -2.60. The molecule has 1 aliphatic heterocycles. The van der Waals surface area contributed by atoms with Gasteiger partial charge in [0.15, 0.2) is 8.32 Å². The van der Waals surface area contributed by atoms with Gasteiger partial charge in [0, 0.05) is 11.3 Å². The average molecular weight is 483 g/mol. The Morgan fingerprint density at radius 1 is 1.24 bits per heavy atom. The van der Waals surface area contributed by atoms with Gasteiger partial charge in [-0.1, -0.05) is 26.8 Å². The van der Waals surface area contributed by atoms with E-state index in [4.69, 9.17) is 19.6 Å². The smallest absolute Gasteiger partial charge is 0.410 e. The number of morpholine rings is 1. The van der Waals surface area contributed by atoms with Crippen LogP contribution in [0.25, 0.3) is 0 Å². The van der Waals surface area contributed by atoms with Crippen LogP contribution >= 0.6 is 0 Å². The summed E-state index contributed by atoms with van der Waals surface area (Å²) >= 11 is 0. The number of hydrogen-bond acceptors (Lipinski definition) is 5. The Hall–Kier alpha value is -1.64. The number of carbonyl (C=O) groups excluding carboxylic acids is 1. The van der Waals surface area contributed by atoms with Crippen LogP contribution in [0.1, 0.15) is 60.5 Å². The molecule has 0 unspecified atom stereocenters. The molecule has 1 aliphatic rings. The number of rotatable bonds is 6. The maximum absolute atomic E-state index is 14.2. The van der Waals surface area contributed by atoms with Crippen LogP contribution in [0.15, 0.2) is 18.2 Å². The predicted octanol–water partition coefficient (Wildman–Crippen LogP) is 5.76. The first-order valence-corrected chi connectivity index (χ1v) is 14.7. The number of halogens is 1. The van der Waals surface area contributed by atoms with Crippen LogP contribution in [-0.4, -0.2) is 56.3 Å². The molecule has 1 fully saturated rings. The molecule has 188 valence electrons. The molecular formula is C25H43FN2O4Si. The molecule has 1 heterocycles. The quantitative estimate of drug-likeness (QED) is 0.412. The van der Waals surface area contributed by atoms with Crippen molar-refractivity contribution < 1.29 is 23.1 Å². The zero-order chi connectivity index (χ0) is 25.2. The maximum atomic E-state index is 14.2. The van der Waals surface area contributed by atoms with E-state index in [9.17, 15) is 9.18 Å². The van der Waals surface area contributed by atoms with Crippen molar-refractivity contribution in [3.05, 3.63) is 29.6 Å². The number of nitrogens with zero attached hydrogens (tertiary/aromatic N) is 1. The van der Waals surface area contributed by atoms with Crippen LogP contribution in [0.5, 0.6) is 0 Å². The van der Waals surface area contributed by atoms with Crippen LogP contribution < -0.4 is 5.73 Å². The molecule has 0 aromatic heterocycles. The van der Waals surface area contributed by atoms with Gasteiger partial charge in [0.2, 0.25) is 0 Å². The summed E-state index contributed by atoms with van der Waals surface area (Å²) in [6.45, 7) is 19.2. The minimum Gasteiger partial charge on any atom is -0.444 e. The number of ether oxygens (including phenoxy) is 2. The number of nitrogens with two attached hydrogens (primary N) is 1. The Morgan fingerprint density at radius 3 is 2.42 bits per heavy atom. The zero-order valence-electron chi connectivity index (χ0n) is 21.8. The van der Waals surface area contributed by atoms with Crippen molar-refractivity contribution in [2.45, 2.75) is 103 Å². The Kier molecular flexibility index (Phi) is 8.63. The van der Waals surface area contributed by atoms with Crippen molar-refractivity contribution in [3.63, 3.8) is 0 Å². The van der Waals surface area contributed by atoms with Gasteiger partial charge < -0.3 is 19.6 Å². The third kappa shape index (κ3) is 7.42. The van der Waals surface area contributed by atoms with Gasteiger partial charge in [-0.05, 0) is 70.8 Å². The molecule has 0 radical (unpaired) electrons. The number of nitrogen functional groups attached to an aromatic ring is 1. The molecule has 1 aromatic carbocycles. The first kappa shape index (κ1) is 27.6. The second-order valence-electron chi connectivity index (χ2n) is 11.6. The molecule has 33 heavy (non-hydrogen) atoms. The third-order valence-corrected chi connectivity index (χ3v) is 11.2. The first-order valence-electron chi connectivity index (χ1n) is 11.8. The van der Waals surface area contributed by atoms with Crippen molar-refractivity contribution in [2.75, 3.05) is 18.9 Å². The monoisotopic (exact) mass is 482 g/mol. The summed E-state index contributed by atoms with van der Waals surface area (Å²) in [6.07, 6.45) is 0.0971. The summed E-state index contributed by atoms with van der Waals surface area (Å²) in [5, 5.41) is 0.0603. The Balaban J connectivity index is 2.17. The molecule has 2 N–H and O–H groups in total. The minimum absolute atomic E-state index is 0.0603. The lowest BCUT2D eigenvalue weighted by Gasteiger charge is -2.45. The highest BCUT2D eigenvalue weighted by Gasteiger charge is 2.43. The zero-order valence-corrected chi connectivity index (χ0v) is 22.8. The van der Waals surface area contributed by atoms with Crippen molar-refractivity contribution >= 4 is 20.1 Å². The average Bonchev–Trinajstić information content (AvgIpc) is 2.64. The van der Waals surface area contributed by atoms with Gasteiger partial charge in [0.1, 0.15) is 11.4 Å². The number of amides is 1. The SMILES string of the molecule is C[C@@H]1O[C@H](CCc2c(N)cccc2F)CN(C(=O)OC(C)(C)C)[C@@H]1CO[Si](C)(C)C(C)(C)C. The Labute approximate surface area is 200 Å². The fourth-order valence-electron chi connectivity index (χ4n) is 3.62. The number of hydrogen-bond donors (Lipinski definition) is 1. The van der Waals surface area contributed by atoms with Gasteiger partial charge in [-0.15, -0.1) is 0 Å². The van der Waals surface area contributed by atoms with E-state index in [2.05, 4.69) is 33.9 Å².